The second kappa shape index (κ2) is 10.4. The summed E-state index contributed by atoms with van der Waals surface area (Å²) in [6, 6.07) is 5.48. The largest absolute Gasteiger partial charge is 0.478 e. The number of aldehydes is 1. The van der Waals surface area contributed by atoms with Crippen molar-refractivity contribution < 1.29 is 50.1 Å². The number of carbonyl (C=O) groups is 3. The Morgan fingerprint density at radius 3 is 1.62 bits per heavy atom. The fourth-order valence-corrected chi connectivity index (χ4v) is 1.47. The van der Waals surface area contributed by atoms with Gasteiger partial charge in [0.1, 0.15) is 24.4 Å². The van der Waals surface area contributed by atoms with E-state index in [1.807, 2.05) is 0 Å². The minimum Gasteiger partial charge on any atom is -0.478 e. The lowest BCUT2D eigenvalue weighted by Gasteiger charge is -2.22. The Kier molecular flexibility index (Phi) is 9.38. The molecule has 0 unspecified atom stereocenters. The number of aromatic carboxylic acids is 2. The monoisotopic (exact) mass is 346 g/mol. The molecule has 0 radical (unpaired) electrons. The second-order valence-electron chi connectivity index (χ2n) is 4.51. The highest BCUT2D eigenvalue weighted by Crippen LogP contribution is 2.07. The van der Waals surface area contributed by atoms with Crippen LogP contribution in [0.1, 0.15) is 20.7 Å². The minimum absolute atomic E-state index is 0.0258. The van der Waals surface area contributed by atoms with Gasteiger partial charge in [0, 0.05) is 0 Å². The van der Waals surface area contributed by atoms with Crippen LogP contribution in [0.5, 0.6) is 0 Å². The molecule has 1 rings (SSSR count). The Morgan fingerprint density at radius 1 is 0.917 bits per heavy atom. The summed E-state index contributed by atoms with van der Waals surface area (Å²) in [5.41, 5.74) is -0.380. The lowest BCUT2D eigenvalue weighted by Crippen LogP contribution is -2.46. The molecule has 0 aliphatic carbocycles. The van der Waals surface area contributed by atoms with E-state index in [0.717, 1.165) is 0 Å². The molecule has 0 spiro atoms. The van der Waals surface area contributed by atoms with Gasteiger partial charge in [-0.2, -0.15) is 0 Å². The van der Waals surface area contributed by atoms with Crippen LogP contribution in [0.25, 0.3) is 0 Å². The zero-order valence-corrected chi connectivity index (χ0v) is 12.3. The van der Waals surface area contributed by atoms with Gasteiger partial charge < -0.3 is 40.5 Å². The van der Waals surface area contributed by atoms with E-state index in [1.54, 1.807) is 0 Å². The van der Waals surface area contributed by atoms with Crippen LogP contribution in [0.2, 0.25) is 0 Å². The van der Waals surface area contributed by atoms with Crippen LogP contribution < -0.4 is 0 Å². The number of hydrogen-bond donors (Lipinski definition) is 7. The topological polar surface area (TPSA) is 193 Å². The van der Waals surface area contributed by atoms with Crippen molar-refractivity contribution in [2.45, 2.75) is 24.4 Å². The van der Waals surface area contributed by atoms with E-state index in [2.05, 4.69) is 0 Å². The van der Waals surface area contributed by atoms with E-state index >= 15 is 0 Å². The van der Waals surface area contributed by atoms with E-state index in [1.165, 1.54) is 24.3 Å². The molecule has 0 saturated heterocycles. The Labute approximate surface area is 135 Å². The maximum atomic E-state index is 10.5. The molecule has 0 heterocycles. The average molecular weight is 346 g/mol. The van der Waals surface area contributed by atoms with Gasteiger partial charge in [-0.15, -0.1) is 0 Å². The molecular formula is C14H18O10. The molecule has 24 heavy (non-hydrogen) atoms. The molecule has 0 bridgehead atoms. The average Bonchev–Trinajstić information content (AvgIpc) is 2.59. The van der Waals surface area contributed by atoms with Crippen LogP contribution in [-0.2, 0) is 4.79 Å². The molecule has 7 N–H and O–H groups in total. The first-order valence-electron chi connectivity index (χ1n) is 6.51. The zero-order valence-electron chi connectivity index (χ0n) is 12.3. The molecule has 1 aromatic carbocycles. The number of carboxylic acids is 2. The molecule has 0 aliphatic heterocycles. The standard InChI is InChI=1S/C8H6O4.C6H12O6/c9-7(10)5-3-1-2-4-6(5)8(11)12;7-1-3(9)5(11)6(12)4(10)2-8/h1-4H,(H,9,10)(H,11,12);1,3-6,8-12H,2H2/t;3-,4+,5+,6+/m.0/s1. The van der Waals surface area contributed by atoms with Gasteiger partial charge in [0.2, 0.25) is 0 Å². The summed E-state index contributed by atoms with van der Waals surface area (Å²) in [4.78, 5) is 30.8. The summed E-state index contributed by atoms with van der Waals surface area (Å²) in [6.45, 7) is -0.760. The highest BCUT2D eigenvalue weighted by Gasteiger charge is 2.29. The summed E-state index contributed by atoms with van der Waals surface area (Å²) < 4.78 is 0. The van der Waals surface area contributed by atoms with Crippen LogP contribution in [0.15, 0.2) is 24.3 Å². The van der Waals surface area contributed by atoms with Crippen molar-refractivity contribution in [2.24, 2.45) is 0 Å². The van der Waals surface area contributed by atoms with Gasteiger partial charge in [0.15, 0.2) is 6.29 Å². The van der Waals surface area contributed by atoms with E-state index in [9.17, 15) is 14.4 Å². The van der Waals surface area contributed by atoms with Gasteiger partial charge in [-0.05, 0) is 12.1 Å². The molecule has 0 aliphatic rings. The van der Waals surface area contributed by atoms with Crippen molar-refractivity contribution >= 4 is 18.2 Å². The van der Waals surface area contributed by atoms with Crippen molar-refractivity contribution in [2.75, 3.05) is 6.61 Å². The quantitative estimate of drug-likeness (QED) is 0.264. The molecule has 1 aromatic rings. The number of hydrogen-bond acceptors (Lipinski definition) is 8. The molecule has 0 fully saturated rings. The number of aliphatic hydroxyl groups excluding tert-OH is 5. The van der Waals surface area contributed by atoms with Crippen LogP contribution in [0, 0.1) is 0 Å². The molecular weight excluding hydrogens is 328 g/mol. The summed E-state index contributed by atoms with van der Waals surface area (Å²) in [5.74, 6) is -2.46. The molecule has 0 amide bonds. The molecule has 134 valence electrons. The van der Waals surface area contributed by atoms with E-state index < -0.39 is 43.0 Å². The molecule has 0 saturated carbocycles. The van der Waals surface area contributed by atoms with Crippen LogP contribution in [0.3, 0.4) is 0 Å². The van der Waals surface area contributed by atoms with Crippen molar-refractivity contribution in [1.82, 2.24) is 0 Å². The van der Waals surface area contributed by atoms with Crippen LogP contribution >= 0.6 is 0 Å². The lowest BCUT2D eigenvalue weighted by atomic mass is 10.0. The van der Waals surface area contributed by atoms with Crippen molar-refractivity contribution in [3.05, 3.63) is 35.4 Å². The van der Waals surface area contributed by atoms with Crippen molar-refractivity contribution in [3.63, 3.8) is 0 Å². The maximum Gasteiger partial charge on any atom is 0.336 e. The first kappa shape index (κ1) is 21.6. The van der Waals surface area contributed by atoms with Crippen molar-refractivity contribution in [3.8, 4) is 0 Å². The SMILES string of the molecule is O=C(O)c1ccccc1C(=O)O.O=C[C@H](O)[C@@H](O)[C@H](O)[C@H](O)CO. The van der Waals surface area contributed by atoms with Gasteiger partial charge in [-0.1, -0.05) is 12.1 Å². The van der Waals surface area contributed by atoms with Gasteiger partial charge in [-0.25, -0.2) is 9.59 Å². The zero-order chi connectivity index (χ0) is 18.9. The summed E-state index contributed by atoms with van der Waals surface area (Å²) in [6.07, 6.45) is -6.84. The second-order valence-corrected chi connectivity index (χ2v) is 4.51. The number of rotatable bonds is 7. The third-order valence-corrected chi connectivity index (χ3v) is 2.81. The molecule has 10 heteroatoms. The fraction of sp³-hybridized carbons (Fsp3) is 0.357. The third-order valence-electron chi connectivity index (χ3n) is 2.81. The summed E-state index contributed by atoms with van der Waals surface area (Å²) >= 11 is 0. The lowest BCUT2D eigenvalue weighted by molar-refractivity contribution is -0.136. The fourth-order valence-electron chi connectivity index (χ4n) is 1.47. The molecule has 10 nitrogen and oxygen atoms in total. The first-order valence-corrected chi connectivity index (χ1v) is 6.51. The Balaban J connectivity index is 0.000000441. The van der Waals surface area contributed by atoms with Crippen LogP contribution in [0.4, 0.5) is 0 Å². The Hall–Kier alpha value is -2.37. The number of carboxylic acid groups (broad SMARTS) is 2. The summed E-state index contributed by atoms with van der Waals surface area (Å²) in [7, 11) is 0. The first-order chi connectivity index (χ1) is 11.2. The third kappa shape index (κ3) is 6.40. The summed E-state index contributed by atoms with van der Waals surface area (Å²) in [5, 5.41) is 60.6. The smallest absolute Gasteiger partial charge is 0.336 e. The van der Waals surface area contributed by atoms with E-state index in [4.69, 9.17) is 35.7 Å². The van der Waals surface area contributed by atoms with Gasteiger partial charge in [-0.3, -0.25) is 0 Å². The number of benzene rings is 1. The maximum absolute atomic E-state index is 10.5. The van der Waals surface area contributed by atoms with E-state index in [0.29, 0.717) is 0 Å². The predicted octanol–water partition coefficient (Wildman–Crippen LogP) is -2.30. The number of aliphatic hydroxyl groups is 5. The van der Waals surface area contributed by atoms with Crippen LogP contribution in [-0.4, -0.2) is 85.0 Å². The Bertz CT molecular complexity index is 525. The van der Waals surface area contributed by atoms with E-state index in [-0.39, 0.29) is 17.4 Å². The minimum atomic E-state index is -1.79. The van der Waals surface area contributed by atoms with Gasteiger partial charge >= 0.3 is 11.9 Å². The highest BCUT2D eigenvalue weighted by molar-refractivity contribution is 6.01. The van der Waals surface area contributed by atoms with Gasteiger partial charge in [0.05, 0.1) is 17.7 Å². The van der Waals surface area contributed by atoms with Crippen molar-refractivity contribution in [1.29, 1.82) is 0 Å². The van der Waals surface area contributed by atoms with Gasteiger partial charge in [0.25, 0.3) is 0 Å². The highest BCUT2D eigenvalue weighted by atomic mass is 16.4. The molecule has 4 atom stereocenters. The molecule has 0 aromatic heterocycles. The predicted molar refractivity (Wildman–Crippen MR) is 77.5 cm³/mol. The Morgan fingerprint density at radius 2 is 1.33 bits per heavy atom. The normalized spacial score (nSPS) is 15.2. The number of carbonyl (C=O) groups excluding carboxylic acids is 1.